The SMILES string of the molecule is CCCNCc1nnc(N(CC)c2ccc(F)cc2)o1. The summed E-state index contributed by atoms with van der Waals surface area (Å²) in [6, 6.07) is 6.64. The first-order valence-corrected chi connectivity index (χ1v) is 6.80. The highest BCUT2D eigenvalue weighted by Gasteiger charge is 2.14. The monoisotopic (exact) mass is 278 g/mol. The van der Waals surface area contributed by atoms with Crippen molar-refractivity contribution in [3.63, 3.8) is 0 Å². The van der Waals surface area contributed by atoms with Gasteiger partial charge in [-0.1, -0.05) is 12.0 Å². The molecular formula is C14H19FN4O. The Morgan fingerprint density at radius 3 is 2.60 bits per heavy atom. The van der Waals surface area contributed by atoms with E-state index in [1.54, 1.807) is 12.1 Å². The molecule has 0 fully saturated rings. The molecule has 0 atom stereocenters. The standard InChI is InChI=1S/C14H19FN4O/c1-3-9-16-10-13-17-18-14(20-13)19(4-2)12-7-5-11(15)6-8-12/h5-8,16H,3-4,9-10H2,1-2H3. The van der Waals surface area contributed by atoms with Crippen LogP contribution in [-0.4, -0.2) is 23.3 Å². The maximum Gasteiger partial charge on any atom is 0.322 e. The lowest BCUT2D eigenvalue weighted by molar-refractivity contribution is 0.469. The van der Waals surface area contributed by atoms with Gasteiger partial charge in [-0.2, -0.15) is 0 Å². The molecule has 0 aliphatic heterocycles. The Labute approximate surface area is 117 Å². The van der Waals surface area contributed by atoms with Crippen LogP contribution >= 0.6 is 0 Å². The highest BCUT2D eigenvalue weighted by atomic mass is 19.1. The van der Waals surface area contributed by atoms with Gasteiger partial charge < -0.3 is 9.73 Å². The zero-order valence-corrected chi connectivity index (χ0v) is 11.8. The molecule has 6 heteroatoms. The van der Waals surface area contributed by atoms with E-state index in [4.69, 9.17) is 4.42 Å². The van der Waals surface area contributed by atoms with Crippen molar-refractivity contribution < 1.29 is 8.81 Å². The quantitative estimate of drug-likeness (QED) is 0.789. The number of rotatable bonds is 7. The van der Waals surface area contributed by atoms with Gasteiger partial charge >= 0.3 is 6.01 Å². The van der Waals surface area contributed by atoms with Gasteiger partial charge in [0.15, 0.2) is 0 Å². The molecule has 1 aromatic heterocycles. The van der Waals surface area contributed by atoms with E-state index in [0.29, 0.717) is 25.0 Å². The molecule has 5 nitrogen and oxygen atoms in total. The second-order valence-corrected chi connectivity index (χ2v) is 4.38. The Bertz CT molecular complexity index is 526. The number of aromatic nitrogens is 2. The summed E-state index contributed by atoms with van der Waals surface area (Å²) < 4.78 is 18.6. The van der Waals surface area contributed by atoms with E-state index < -0.39 is 0 Å². The fraction of sp³-hybridized carbons (Fsp3) is 0.429. The molecule has 1 aromatic carbocycles. The number of halogens is 1. The first-order chi connectivity index (χ1) is 9.74. The number of hydrogen-bond acceptors (Lipinski definition) is 5. The molecule has 0 saturated heterocycles. The summed E-state index contributed by atoms with van der Waals surface area (Å²) in [5.74, 6) is 0.286. The van der Waals surface area contributed by atoms with Crippen molar-refractivity contribution in [3.05, 3.63) is 36.0 Å². The zero-order chi connectivity index (χ0) is 14.4. The van der Waals surface area contributed by atoms with Crippen LogP contribution in [0.2, 0.25) is 0 Å². The fourth-order valence-corrected chi connectivity index (χ4v) is 1.85. The number of nitrogens with zero attached hydrogens (tertiary/aromatic N) is 3. The van der Waals surface area contributed by atoms with E-state index in [-0.39, 0.29) is 5.82 Å². The Morgan fingerprint density at radius 1 is 1.20 bits per heavy atom. The van der Waals surface area contributed by atoms with Gasteiger partial charge in [-0.05, 0) is 44.2 Å². The molecule has 108 valence electrons. The van der Waals surface area contributed by atoms with Crippen LogP contribution in [0, 0.1) is 5.82 Å². The number of anilines is 2. The third-order valence-corrected chi connectivity index (χ3v) is 2.84. The molecule has 0 spiro atoms. The van der Waals surface area contributed by atoms with E-state index >= 15 is 0 Å². The maximum absolute atomic E-state index is 13.0. The fourth-order valence-electron chi connectivity index (χ4n) is 1.85. The minimum Gasteiger partial charge on any atom is -0.406 e. The zero-order valence-electron chi connectivity index (χ0n) is 11.8. The molecule has 0 aliphatic rings. The van der Waals surface area contributed by atoms with Crippen molar-refractivity contribution in [1.82, 2.24) is 15.5 Å². The summed E-state index contributed by atoms with van der Waals surface area (Å²) in [5.41, 5.74) is 0.825. The summed E-state index contributed by atoms with van der Waals surface area (Å²) in [5, 5.41) is 11.2. The van der Waals surface area contributed by atoms with E-state index in [1.807, 2.05) is 11.8 Å². The molecular weight excluding hydrogens is 259 g/mol. The summed E-state index contributed by atoms with van der Waals surface area (Å²) >= 11 is 0. The first kappa shape index (κ1) is 14.5. The number of benzene rings is 1. The second kappa shape index (κ2) is 7.00. The van der Waals surface area contributed by atoms with Gasteiger partial charge in [0, 0.05) is 12.2 Å². The van der Waals surface area contributed by atoms with Crippen LogP contribution in [0.25, 0.3) is 0 Å². The molecule has 0 saturated carbocycles. The van der Waals surface area contributed by atoms with Crippen LogP contribution in [0.5, 0.6) is 0 Å². The lowest BCUT2D eigenvalue weighted by atomic mass is 10.3. The third-order valence-electron chi connectivity index (χ3n) is 2.84. The van der Waals surface area contributed by atoms with Gasteiger partial charge in [-0.3, -0.25) is 4.90 Å². The van der Waals surface area contributed by atoms with E-state index in [2.05, 4.69) is 22.4 Å². The van der Waals surface area contributed by atoms with Crippen LogP contribution in [0.4, 0.5) is 16.1 Å². The lowest BCUT2D eigenvalue weighted by Gasteiger charge is -2.17. The highest BCUT2D eigenvalue weighted by Crippen LogP contribution is 2.23. The summed E-state index contributed by atoms with van der Waals surface area (Å²) in [4.78, 5) is 1.84. The minimum absolute atomic E-state index is 0.264. The van der Waals surface area contributed by atoms with E-state index in [0.717, 1.165) is 18.7 Å². The van der Waals surface area contributed by atoms with Crippen molar-refractivity contribution >= 4 is 11.7 Å². The van der Waals surface area contributed by atoms with Crippen molar-refractivity contribution in [3.8, 4) is 0 Å². The first-order valence-electron chi connectivity index (χ1n) is 6.80. The van der Waals surface area contributed by atoms with Crippen LogP contribution in [0.3, 0.4) is 0 Å². The summed E-state index contributed by atoms with van der Waals surface area (Å²) in [7, 11) is 0. The smallest absolute Gasteiger partial charge is 0.322 e. The van der Waals surface area contributed by atoms with Crippen molar-refractivity contribution in [2.75, 3.05) is 18.0 Å². The predicted octanol–water partition coefficient (Wildman–Crippen LogP) is 2.87. The molecule has 0 bridgehead atoms. The van der Waals surface area contributed by atoms with Gasteiger partial charge in [0.1, 0.15) is 5.82 Å². The molecule has 0 unspecified atom stereocenters. The van der Waals surface area contributed by atoms with Crippen LogP contribution in [-0.2, 0) is 6.54 Å². The van der Waals surface area contributed by atoms with Crippen LogP contribution in [0.15, 0.2) is 28.7 Å². The molecule has 2 rings (SSSR count). The van der Waals surface area contributed by atoms with E-state index in [1.165, 1.54) is 12.1 Å². The van der Waals surface area contributed by atoms with Gasteiger partial charge in [0.05, 0.1) is 6.54 Å². The molecule has 1 heterocycles. The number of hydrogen-bond donors (Lipinski definition) is 1. The largest absolute Gasteiger partial charge is 0.406 e. The van der Waals surface area contributed by atoms with Gasteiger partial charge in [0.25, 0.3) is 0 Å². The molecule has 2 aromatic rings. The van der Waals surface area contributed by atoms with Gasteiger partial charge in [-0.25, -0.2) is 4.39 Å². The summed E-state index contributed by atoms with van der Waals surface area (Å²) in [6.45, 7) is 6.20. The van der Waals surface area contributed by atoms with Crippen molar-refractivity contribution in [1.29, 1.82) is 0 Å². The average Bonchev–Trinajstić information content (AvgIpc) is 2.91. The Morgan fingerprint density at radius 2 is 1.95 bits per heavy atom. The summed E-state index contributed by atoms with van der Waals surface area (Å²) in [6.07, 6.45) is 1.05. The second-order valence-electron chi connectivity index (χ2n) is 4.38. The molecule has 0 amide bonds. The lowest BCUT2D eigenvalue weighted by Crippen LogP contribution is -2.16. The van der Waals surface area contributed by atoms with Gasteiger partial charge in [0.2, 0.25) is 5.89 Å². The van der Waals surface area contributed by atoms with Gasteiger partial charge in [-0.15, -0.1) is 5.10 Å². The van der Waals surface area contributed by atoms with E-state index in [9.17, 15) is 4.39 Å². The Hall–Kier alpha value is -1.95. The predicted molar refractivity (Wildman–Crippen MR) is 75.4 cm³/mol. The van der Waals surface area contributed by atoms with Crippen LogP contribution < -0.4 is 10.2 Å². The molecule has 0 radical (unpaired) electrons. The molecule has 1 N–H and O–H groups in total. The van der Waals surface area contributed by atoms with Crippen molar-refractivity contribution in [2.24, 2.45) is 0 Å². The topological polar surface area (TPSA) is 54.2 Å². The maximum atomic E-state index is 13.0. The molecule has 0 aliphatic carbocycles. The minimum atomic E-state index is -0.264. The Balaban J connectivity index is 2.09. The third kappa shape index (κ3) is 3.54. The number of nitrogens with one attached hydrogen (secondary N) is 1. The highest BCUT2D eigenvalue weighted by molar-refractivity contribution is 5.55. The molecule has 20 heavy (non-hydrogen) atoms. The van der Waals surface area contributed by atoms with Crippen LogP contribution in [0.1, 0.15) is 26.2 Å². The normalized spacial score (nSPS) is 10.8. The average molecular weight is 278 g/mol. The van der Waals surface area contributed by atoms with Crippen molar-refractivity contribution in [2.45, 2.75) is 26.8 Å². The Kier molecular flexibility index (Phi) is 5.06.